The maximum absolute atomic E-state index is 6.17. The molecule has 1 aliphatic rings. The average molecular weight is 553 g/mol. The number of benzene rings is 4. The van der Waals surface area contributed by atoms with Gasteiger partial charge < -0.3 is 19.5 Å². The number of nitrogens with one attached hydrogen (secondary N) is 1. The number of aromatic nitrogens is 2. The maximum Gasteiger partial charge on any atom is 0.174 e. The molecule has 3 heterocycles. The molecule has 0 unspecified atom stereocenters. The molecular formula is C35H28N4OS. The molecule has 6 aromatic rings. The van der Waals surface area contributed by atoms with Crippen LogP contribution in [0.2, 0.25) is 0 Å². The number of fused-ring (bicyclic) bond motifs is 1. The van der Waals surface area contributed by atoms with E-state index in [-0.39, 0.29) is 12.1 Å². The fourth-order valence-electron chi connectivity index (χ4n) is 5.60. The molecule has 1 fully saturated rings. The standard InChI is InChI=1S/C35H28N4OS/c1-24-9-2-5-14-32(24)40-29-19-17-27(18-20-29)39-34(33(37-35(39)41)30-12-6-7-21-36-30)31-13-8-22-38(31)28-16-15-25-10-3-4-11-26(25)23-28/h2-23,33-34H,1H3,(H,37,41)/t33-,34-/m0/s1. The average Bonchev–Trinajstić information content (AvgIpc) is 3.63. The SMILES string of the molecule is Cc1ccccc1Oc1ccc(N2C(=S)N[C@@H](c3ccccn3)[C@@H]2c2cccn2-c2ccc3ccccc3c2)cc1. The van der Waals surface area contributed by atoms with Crippen molar-refractivity contribution in [1.29, 1.82) is 0 Å². The predicted molar refractivity (Wildman–Crippen MR) is 169 cm³/mol. The van der Waals surface area contributed by atoms with Gasteiger partial charge in [-0.3, -0.25) is 4.98 Å². The smallest absolute Gasteiger partial charge is 0.174 e. The zero-order chi connectivity index (χ0) is 27.8. The molecule has 0 radical (unpaired) electrons. The zero-order valence-corrected chi connectivity index (χ0v) is 23.3. The molecule has 1 aliphatic heterocycles. The summed E-state index contributed by atoms with van der Waals surface area (Å²) < 4.78 is 8.43. The van der Waals surface area contributed by atoms with Crippen LogP contribution >= 0.6 is 12.2 Å². The predicted octanol–water partition coefficient (Wildman–Crippen LogP) is 8.30. The van der Waals surface area contributed by atoms with Gasteiger partial charge in [0.2, 0.25) is 0 Å². The third kappa shape index (κ3) is 4.72. The van der Waals surface area contributed by atoms with Gasteiger partial charge in [0.15, 0.2) is 5.11 Å². The van der Waals surface area contributed by atoms with Crippen LogP contribution in [0.15, 0.2) is 134 Å². The summed E-state index contributed by atoms with van der Waals surface area (Å²) in [5, 5.41) is 6.65. The summed E-state index contributed by atoms with van der Waals surface area (Å²) in [6.07, 6.45) is 3.95. The minimum absolute atomic E-state index is 0.137. The summed E-state index contributed by atoms with van der Waals surface area (Å²) in [5.74, 6) is 1.62. The van der Waals surface area contributed by atoms with Gasteiger partial charge in [-0.1, -0.05) is 54.6 Å². The number of hydrogen-bond acceptors (Lipinski definition) is 3. The minimum Gasteiger partial charge on any atom is -0.457 e. The Hall–Kier alpha value is -4.94. The van der Waals surface area contributed by atoms with Crippen molar-refractivity contribution >= 4 is 33.8 Å². The third-order valence-corrected chi connectivity index (χ3v) is 7.94. The highest BCUT2D eigenvalue weighted by molar-refractivity contribution is 7.80. The van der Waals surface area contributed by atoms with Crippen LogP contribution in [0, 0.1) is 6.92 Å². The van der Waals surface area contributed by atoms with E-state index in [0.29, 0.717) is 5.11 Å². The van der Waals surface area contributed by atoms with Gasteiger partial charge in [0.1, 0.15) is 17.5 Å². The van der Waals surface area contributed by atoms with E-state index in [0.717, 1.165) is 39.8 Å². The molecule has 1 saturated heterocycles. The summed E-state index contributed by atoms with van der Waals surface area (Å²) in [6.45, 7) is 2.05. The van der Waals surface area contributed by atoms with Crippen molar-refractivity contribution in [1.82, 2.24) is 14.9 Å². The van der Waals surface area contributed by atoms with E-state index in [9.17, 15) is 0 Å². The summed E-state index contributed by atoms with van der Waals surface area (Å²) in [4.78, 5) is 6.91. The minimum atomic E-state index is -0.138. The summed E-state index contributed by atoms with van der Waals surface area (Å²) >= 11 is 5.98. The number of para-hydroxylation sites is 1. The number of ether oxygens (including phenoxy) is 1. The first-order valence-electron chi connectivity index (χ1n) is 13.7. The van der Waals surface area contributed by atoms with E-state index < -0.39 is 0 Å². The van der Waals surface area contributed by atoms with E-state index in [1.165, 1.54) is 10.8 Å². The molecule has 5 nitrogen and oxygen atoms in total. The van der Waals surface area contributed by atoms with Gasteiger partial charge in [0.05, 0.1) is 11.7 Å². The molecule has 4 aromatic carbocycles. The lowest BCUT2D eigenvalue weighted by Crippen LogP contribution is -2.30. The molecule has 0 bridgehead atoms. The van der Waals surface area contributed by atoms with Crippen molar-refractivity contribution in [2.24, 2.45) is 0 Å². The lowest BCUT2D eigenvalue weighted by Gasteiger charge is -2.29. The Morgan fingerprint density at radius 1 is 0.756 bits per heavy atom. The molecular weight excluding hydrogens is 524 g/mol. The van der Waals surface area contributed by atoms with Gasteiger partial charge in [-0.15, -0.1) is 0 Å². The van der Waals surface area contributed by atoms with Gasteiger partial charge in [-0.25, -0.2) is 0 Å². The topological polar surface area (TPSA) is 42.3 Å². The Bertz CT molecular complexity index is 1850. The zero-order valence-electron chi connectivity index (χ0n) is 22.5. The summed E-state index contributed by atoms with van der Waals surface area (Å²) in [7, 11) is 0. The van der Waals surface area contributed by atoms with Gasteiger partial charge in [-0.05, 0) is 102 Å². The van der Waals surface area contributed by atoms with Gasteiger partial charge in [0, 0.05) is 29.5 Å². The second-order valence-electron chi connectivity index (χ2n) is 10.2. The van der Waals surface area contributed by atoms with Gasteiger partial charge in [-0.2, -0.15) is 0 Å². The molecule has 7 rings (SSSR count). The Labute approximate surface area is 244 Å². The molecule has 41 heavy (non-hydrogen) atoms. The number of aryl methyl sites for hydroxylation is 1. The first-order valence-corrected chi connectivity index (χ1v) is 14.1. The van der Waals surface area contributed by atoms with Gasteiger partial charge in [0.25, 0.3) is 0 Å². The van der Waals surface area contributed by atoms with E-state index in [1.54, 1.807) is 0 Å². The number of nitrogens with zero attached hydrogens (tertiary/aromatic N) is 3. The van der Waals surface area contributed by atoms with Crippen LogP contribution in [-0.2, 0) is 0 Å². The van der Waals surface area contributed by atoms with Crippen molar-refractivity contribution in [3.8, 4) is 17.2 Å². The van der Waals surface area contributed by atoms with Crippen molar-refractivity contribution in [3.63, 3.8) is 0 Å². The lowest BCUT2D eigenvalue weighted by molar-refractivity contribution is 0.479. The highest BCUT2D eigenvalue weighted by Gasteiger charge is 2.42. The first kappa shape index (κ1) is 25.1. The van der Waals surface area contributed by atoms with Crippen molar-refractivity contribution in [3.05, 3.63) is 151 Å². The fraction of sp³-hybridized carbons (Fsp3) is 0.0857. The molecule has 1 N–H and O–H groups in total. The largest absolute Gasteiger partial charge is 0.457 e. The van der Waals surface area contributed by atoms with E-state index in [4.69, 9.17) is 21.9 Å². The van der Waals surface area contributed by atoms with E-state index in [2.05, 4.69) is 93.8 Å². The number of hydrogen-bond donors (Lipinski definition) is 1. The van der Waals surface area contributed by atoms with Crippen LogP contribution in [0.3, 0.4) is 0 Å². The van der Waals surface area contributed by atoms with Crippen molar-refractivity contribution < 1.29 is 4.74 Å². The second kappa shape index (κ2) is 10.6. The molecule has 2 atom stereocenters. The Morgan fingerprint density at radius 3 is 2.32 bits per heavy atom. The Kier molecular flexibility index (Phi) is 6.45. The Balaban J connectivity index is 1.29. The Morgan fingerprint density at radius 2 is 1.51 bits per heavy atom. The fourth-order valence-corrected chi connectivity index (χ4v) is 5.95. The molecule has 0 aliphatic carbocycles. The highest BCUT2D eigenvalue weighted by Crippen LogP contribution is 2.43. The molecule has 200 valence electrons. The molecule has 0 spiro atoms. The summed E-state index contributed by atoms with van der Waals surface area (Å²) in [6, 6.07) is 41.2. The van der Waals surface area contributed by atoms with Crippen LogP contribution < -0.4 is 15.0 Å². The molecule has 0 saturated carbocycles. The number of thiocarbonyl (C=S) groups is 1. The normalized spacial score (nSPS) is 16.6. The molecule has 6 heteroatoms. The molecule has 2 aromatic heterocycles. The van der Waals surface area contributed by atoms with E-state index >= 15 is 0 Å². The maximum atomic E-state index is 6.17. The van der Waals surface area contributed by atoms with Crippen LogP contribution in [0.1, 0.15) is 29.0 Å². The van der Waals surface area contributed by atoms with Crippen LogP contribution in [0.5, 0.6) is 11.5 Å². The van der Waals surface area contributed by atoms with Crippen LogP contribution in [-0.4, -0.2) is 14.7 Å². The van der Waals surface area contributed by atoms with Crippen molar-refractivity contribution in [2.75, 3.05) is 4.90 Å². The lowest BCUT2D eigenvalue weighted by atomic mass is 10.0. The first-order chi connectivity index (χ1) is 20.2. The number of anilines is 1. The van der Waals surface area contributed by atoms with E-state index in [1.807, 2.05) is 61.7 Å². The quantitative estimate of drug-likeness (QED) is 0.211. The van der Waals surface area contributed by atoms with Crippen LogP contribution in [0.4, 0.5) is 5.69 Å². The van der Waals surface area contributed by atoms with Gasteiger partial charge >= 0.3 is 0 Å². The molecule has 0 amide bonds. The number of rotatable bonds is 6. The van der Waals surface area contributed by atoms with Crippen molar-refractivity contribution in [2.45, 2.75) is 19.0 Å². The second-order valence-corrected chi connectivity index (χ2v) is 10.6. The monoisotopic (exact) mass is 552 g/mol. The van der Waals surface area contributed by atoms with Crippen LogP contribution in [0.25, 0.3) is 16.5 Å². The summed E-state index contributed by atoms with van der Waals surface area (Å²) in [5.41, 5.74) is 5.23. The highest BCUT2D eigenvalue weighted by atomic mass is 32.1. The number of pyridine rings is 1. The third-order valence-electron chi connectivity index (χ3n) is 7.63.